The molecule has 7 rings (SSSR count). The molecule has 1 amide bonds. The van der Waals surface area contributed by atoms with Crippen LogP contribution < -0.4 is 9.80 Å². The second kappa shape index (κ2) is 12.0. The number of pyridine rings is 2. The fourth-order valence-corrected chi connectivity index (χ4v) is 6.84. The maximum absolute atomic E-state index is 13.5. The molecule has 0 N–H and O–H groups in total. The monoisotopic (exact) mass is 682 g/mol. The number of piperazine rings is 1. The molecule has 4 aromatic rings. The van der Waals surface area contributed by atoms with Crippen molar-refractivity contribution < 1.29 is 19.2 Å². The predicted molar refractivity (Wildman–Crippen MR) is 181 cm³/mol. The molecule has 2 fully saturated rings. The fourth-order valence-electron chi connectivity index (χ4n) is 6.48. The lowest BCUT2D eigenvalue weighted by Gasteiger charge is -2.37. The van der Waals surface area contributed by atoms with Crippen LogP contribution in [0.15, 0.2) is 76.5 Å². The number of benzene rings is 2. The summed E-state index contributed by atoms with van der Waals surface area (Å²) in [6, 6.07) is 19.3. The van der Waals surface area contributed by atoms with Crippen LogP contribution in [-0.4, -0.2) is 77.0 Å². The van der Waals surface area contributed by atoms with Crippen molar-refractivity contribution >= 4 is 56.2 Å². The van der Waals surface area contributed by atoms with Gasteiger partial charge in [-0.25, -0.2) is 19.6 Å². The lowest BCUT2D eigenvalue weighted by Crippen LogP contribution is -2.47. The van der Waals surface area contributed by atoms with Crippen LogP contribution >= 0.6 is 15.9 Å². The van der Waals surface area contributed by atoms with Gasteiger partial charge in [0.15, 0.2) is 0 Å². The summed E-state index contributed by atoms with van der Waals surface area (Å²) in [5.74, 6) is 1.18. The molecule has 46 heavy (non-hydrogen) atoms. The Kier molecular flexibility index (Phi) is 7.88. The normalized spacial score (nSPS) is 18.6. The van der Waals surface area contributed by atoms with E-state index in [9.17, 15) is 9.59 Å². The number of nitrogens with zero attached hydrogens (tertiary/aromatic N) is 6. The average molecular weight is 684 g/mol. The number of carbonyl (C=O) groups excluding carboxylic acids is 2. The highest BCUT2D eigenvalue weighted by Gasteiger charge is 2.39. The smallest absolute Gasteiger partial charge is 0.411 e. The van der Waals surface area contributed by atoms with E-state index in [1.807, 2.05) is 75.5 Å². The maximum atomic E-state index is 13.5. The molecule has 2 aromatic carbocycles. The number of oxime groups is 1. The molecule has 0 radical (unpaired) electrons. The number of rotatable bonds is 4. The second-order valence-electron chi connectivity index (χ2n) is 12.7. The molecule has 2 aliphatic heterocycles. The van der Waals surface area contributed by atoms with Crippen LogP contribution in [0.1, 0.15) is 44.7 Å². The van der Waals surface area contributed by atoms with Crippen LogP contribution in [0, 0.1) is 0 Å². The third-order valence-corrected chi connectivity index (χ3v) is 9.04. The zero-order chi connectivity index (χ0) is 32.0. The Morgan fingerprint density at radius 3 is 2.39 bits per heavy atom. The zero-order valence-electron chi connectivity index (χ0n) is 26.1. The molecule has 3 aliphatic rings. The van der Waals surface area contributed by atoms with E-state index in [-0.39, 0.29) is 0 Å². The highest BCUT2D eigenvalue weighted by molar-refractivity contribution is 9.10. The molecule has 2 saturated heterocycles. The summed E-state index contributed by atoms with van der Waals surface area (Å²) in [5.41, 5.74) is 4.46. The Hall–Kier alpha value is -4.51. The maximum Gasteiger partial charge on any atom is 0.411 e. The van der Waals surface area contributed by atoms with Gasteiger partial charge in [0.05, 0.1) is 11.1 Å². The summed E-state index contributed by atoms with van der Waals surface area (Å²) in [4.78, 5) is 47.8. The van der Waals surface area contributed by atoms with Crippen molar-refractivity contribution in [2.45, 2.75) is 45.3 Å². The molecule has 0 saturated carbocycles. The number of carbonyl (C=O) groups is 2. The Balaban J connectivity index is 1.26. The van der Waals surface area contributed by atoms with Crippen LogP contribution in [0.3, 0.4) is 0 Å². The number of ether oxygens (including phenoxy) is 1. The molecule has 236 valence electrons. The van der Waals surface area contributed by atoms with Gasteiger partial charge in [-0.05, 0) is 69.5 Å². The fraction of sp³-hybridized carbons (Fsp3) is 0.343. The highest BCUT2D eigenvalue weighted by Crippen LogP contribution is 2.46. The van der Waals surface area contributed by atoms with Crippen molar-refractivity contribution in [2.75, 3.05) is 42.5 Å². The van der Waals surface area contributed by atoms with E-state index in [1.165, 1.54) is 4.90 Å². The summed E-state index contributed by atoms with van der Waals surface area (Å²) < 4.78 is 6.50. The van der Waals surface area contributed by atoms with E-state index >= 15 is 0 Å². The van der Waals surface area contributed by atoms with Crippen LogP contribution in [0.4, 0.5) is 16.4 Å². The van der Waals surface area contributed by atoms with E-state index in [0.717, 1.165) is 75.4 Å². The number of anilines is 2. The number of fused-ring (bicyclic) bond motifs is 5. The summed E-state index contributed by atoms with van der Waals surface area (Å²) in [6.45, 7) is 8.87. The molecule has 0 bridgehead atoms. The minimum Gasteiger partial charge on any atom is -0.444 e. The molecule has 10 nitrogen and oxygen atoms in total. The van der Waals surface area contributed by atoms with Gasteiger partial charge in [0, 0.05) is 59.9 Å². The van der Waals surface area contributed by atoms with Crippen molar-refractivity contribution in [1.82, 2.24) is 14.9 Å². The van der Waals surface area contributed by atoms with E-state index in [2.05, 4.69) is 48.0 Å². The standard InChI is InChI=1S/C35H35BrN6O4/c1-35(2,3)45-34(44)42-16-8-11-27(42)33(43)46-39-31-24-10-5-4-9-23(24)29-25-21-22(36)13-14-26(25)38-32(30(29)31)41-19-17-40(18-20-41)28-12-6-7-15-37-28/h4-7,9-10,12-15,21,27H,8,11,16-20H2,1-3H3/b39-31+. The highest BCUT2D eigenvalue weighted by atomic mass is 79.9. The first-order valence-corrected chi connectivity index (χ1v) is 16.4. The summed E-state index contributed by atoms with van der Waals surface area (Å²) in [6.07, 6.45) is 2.46. The minimum absolute atomic E-state index is 0.427. The summed E-state index contributed by atoms with van der Waals surface area (Å²) >= 11 is 3.65. The molecule has 1 unspecified atom stereocenters. The molecule has 2 aromatic heterocycles. The molecule has 1 aliphatic carbocycles. The van der Waals surface area contributed by atoms with Gasteiger partial charge in [-0.15, -0.1) is 0 Å². The lowest BCUT2D eigenvalue weighted by molar-refractivity contribution is -0.148. The topological polar surface area (TPSA) is 100 Å². The van der Waals surface area contributed by atoms with Crippen molar-refractivity contribution in [3.63, 3.8) is 0 Å². The molecule has 4 heterocycles. The van der Waals surface area contributed by atoms with Crippen LogP contribution in [0.2, 0.25) is 0 Å². The molecule has 0 spiro atoms. The van der Waals surface area contributed by atoms with E-state index in [0.29, 0.717) is 25.1 Å². The largest absolute Gasteiger partial charge is 0.444 e. The lowest BCUT2D eigenvalue weighted by atomic mass is 10.0. The Morgan fingerprint density at radius 1 is 0.913 bits per heavy atom. The van der Waals surface area contributed by atoms with Crippen molar-refractivity contribution in [3.05, 3.63) is 82.5 Å². The van der Waals surface area contributed by atoms with Gasteiger partial charge in [-0.1, -0.05) is 51.4 Å². The Morgan fingerprint density at radius 2 is 1.65 bits per heavy atom. The van der Waals surface area contributed by atoms with Gasteiger partial charge in [0.2, 0.25) is 0 Å². The van der Waals surface area contributed by atoms with E-state index in [1.54, 1.807) is 0 Å². The Labute approximate surface area is 276 Å². The number of aromatic nitrogens is 2. The summed E-state index contributed by atoms with van der Waals surface area (Å²) in [7, 11) is 0. The van der Waals surface area contributed by atoms with Crippen LogP contribution in [0.5, 0.6) is 0 Å². The van der Waals surface area contributed by atoms with Gasteiger partial charge in [-0.2, -0.15) is 0 Å². The van der Waals surface area contributed by atoms with Gasteiger partial charge in [0.25, 0.3) is 0 Å². The van der Waals surface area contributed by atoms with Gasteiger partial charge < -0.3 is 19.4 Å². The van der Waals surface area contributed by atoms with Gasteiger partial charge in [-0.3, -0.25) is 4.90 Å². The zero-order valence-corrected chi connectivity index (χ0v) is 27.7. The number of amides is 1. The molecule has 1 atom stereocenters. The van der Waals surface area contributed by atoms with Crippen LogP contribution in [-0.2, 0) is 14.4 Å². The van der Waals surface area contributed by atoms with Gasteiger partial charge in [0.1, 0.15) is 29.0 Å². The summed E-state index contributed by atoms with van der Waals surface area (Å²) in [5, 5.41) is 5.54. The first-order valence-electron chi connectivity index (χ1n) is 15.6. The first-order chi connectivity index (χ1) is 22.2. The number of hydrogen-bond donors (Lipinski definition) is 0. The predicted octanol–water partition coefficient (Wildman–Crippen LogP) is 6.39. The van der Waals surface area contributed by atoms with E-state index < -0.39 is 23.7 Å². The Bertz CT molecular complexity index is 1850. The third-order valence-electron chi connectivity index (χ3n) is 8.55. The van der Waals surface area contributed by atoms with Gasteiger partial charge >= 0.3 is 12.1 Å². The number of likely N-dealkylation sites (tertiary alicyclic amines) is 1. The van der Waals surface area contributed by atoms with Crippen LogP contribution in [0.25, 0.3) is 22.0 Å². The van der Waals surface area contributed by atoms with Crippen molar-refractivity contribution in [1.29, 1.82) is 0 Å². The second-order valence-corrected chi connectivity index (χ2v) is 13.7. The minimum atomic E-state index is -0.764. The average Bonchev–Trinajstić information content (AvgIpc) is 3.67. The SMILES string of the molecule is CC(C)(C)OC(=O)N1CCCC1C(=O)O/N=C1\c2ccccc2-c2c1c(N1CCN(c3ccccn3)CC1)nc1ccc(Br)cc21. The quantitative estimate of drug-likeness (QED) is 0.159. The number of hydrogen-bond acceptors (Lipinski definition) is 9. The molecule has 11 heteroatoms. The third kappa shape index (κ3) is 5.68. The first kappa shape index (κ1) is 30.2. The number of halogens is 1. The van der Waals surface area contributed by atoms with Crippen molar-refractivity contribution in [3.8, 4) is 11.1 Å². The molecular weight excluding hydrogens is 648 g/mol. The molecular formula is C35H35BrN6O4. The van der Waals surface area contributed by atoms with Crippen molar-refractivity contribution in [2.24, 2.45) is 5.16 Å². The van der Waals surface area contributed by atoms with E-state index in [4.69, 9.17) is 14.6 Å².